The van der Waals surface area contributed by atoms with Gasteiger partial charge in [-0.2, -0.15) is 0 Å². The summed E-state index contributed by atoms with van der Waals surface area (Å²) >= 11 is 6.61. The molecule has 3 rings (SSSR count). The van der Waals surface area contributed by atoms with Crippen molar-refractivity contribution in [2.24, 2.45) is 0 Å². The molecule has 0 unspecified atom stereocenters. The van der Waals surface area contributed by atoms with E-state index in [1.807, 2.05) is 30.3 Å². The van der Waals surface area contributed by atoms with Crippen LogP contribution in [0.4, 0.5) is 5.82 Å². The van der Waals surface area contributed by atoms with Crippen LogP contribution in [0, 0.1) is 3.95 Å². The second-order valence-corrected chi connectivity index (χ2v) is 7.27. The van der Waals surface area contributed by atoms with E-state index in [0.717, 1.165) is 16.9 Å². The summed E-state index contributed by atoms with van der Waals surface area (Å²) < 4.78 is 12.8. The molecule has 0 saturated carbocycles. The van der Waals surface area contributed by atoms with Crippen molar-refractivity contribution >= 4 is 35.3 Å². The van der Waals surface area contributed by atoms with Gasteiger partial charge in [0.25, 0.3) is 5.91 Å². The Bertz CT molecular complexity index is 1010. The standard InChI is InChI=1S/C19H19N3O3S2/c1-24-13-8-9-15(25-2)14(10-13)22-17(20)16(27-19(22)26)18(23)21-11-12-6-4-3-5-7-12/h3-10H,11,20H2,1-2H3,(H,21,23). The summed E-state index contributed by atoms with van der Waals surface area (Å²) in [7, 11) is 3.13. The number of carbonyl (C=O) groups is 1. The summed E-state index contributed by atoms with van der Waals surface area (Å²) in [6.45, 7) is 0.409. The molecular weight excluding hydrogens is 382 g/mol. The molecule has 27 heavy (non-hydrogen) atoms. The summed E-state index contributed by atoms with van der Waals surface area (Å²) in [5, 5.41) is 2.88. The fourth-order valence-corrected chi connectivity index (χ4v) is 3.88. The molecule has 1 amide bonds. The van der Waals surface area contributed by atoms with E-state index in [1.165, 1.54) is 0 Å². The Balaban J connectivity index is 1.93. The van der Waals surface area contributed by atoms with Crippen LogP contribution in [0.15, 0.2) is 48.5 Å². The molecule has 140 valence electrons. The van der Waals surface area contributed by atoms with E-state index in [1.54, 1.807) is 37.0 Å². The number of nitrogens with zero attached hydrogens (tertiary/aromatic N) is 1. The number of ether oxygens (including phenoxy) is 2. The quantitative estimate of drug-likeness (QED) is 0.614. The molecule has 0 radical (unpaired) electrons. The van der Waals surface area contributed by atoms with Crippen molar-refractivity contribution in [3.8, 4) is 17.2 Å². The molecule has 0 bridgehead atoms. The second-order valence-electron chi connectivity index (χ2n) is 5.62. The van der Waals surface area contributed by atoms with Gasteiger partial charge in [-0.25, -0.2) is 0 Å². The van der Waals surface area contributed by atoms with Crippen LogP contribution in [0.2, 0.25) is 0 Å². The van der Waals surface area contributed by atoms with Crippen molar-refractivity contribution in [1.82, 2.24) is 9.88 Å². The smallest absolute Gasteiger partial charge is 0.265 e. The van der Waals surface area contributed by atoms with Gasteiger partial charge in [-0.1, -0.05) is 41.7 Å². The highest BCUT2D eigenvalue weighted by atomic mass is 32.1. The first-order chi connectivity index (χ1) is 13.0. The molecule has 0 atom stereocenters. The first kappa shape index (κ1) is 18.9. The number of rotatable bonds is 6. The molecule has 1 heterocycles. The number of nitrogens with two attached hydrogens (primary N) is 1. The molecule has 6 nitrogen and oxygen atoms in total. The average Bonchev–Trinajstić information content (AvgIpc) is 3.00. The molecule has 2 aromatic carbocycles. The molecule has 0 spiro atoms. The van der Waals surface area contributed by atoms with Gasteiger partial charge in [-0.3, -0.25) is 9.36 Å². The Kier molecular flexibility index (Phi) is 5.78. The molecule has 0 aliphatic carbocycles. The van der Waals surface area contributed by atoms with Crippen LogP contribution in [0.1, 0.15) is 15.2 Å². The van der Waals surface area contributed by atoms with E-state index in [0.29, 0.717) is 32.6 Å². The second kappa shape index (κ2) is 8.24. The SMILES string of the molecule is COc1ccc(OC)c(-n2c(N)c(C(=O)NCc3ccccc3)sc2=S)c1. The normalized spacial score (nSPS) is 10.4. The monoisotopic (exact) mass is 401 g/mol. The van der Waals surface area contributed by atoms with Crippen molar-refractivity contribution in [3.63, 3.8) is 0 Å². The fourth-order valence-electron chi connectivity index (χ4n) is 2.61. The summed E-state index contributed by atoms with van der Waals surface area (Å²) in [4.78, 5) is 13.0. The van der Waals surface area contributed by atoms with Crippen LogP contribution in [0.25, 0.3) is 5.69 Å². The number of carbonyl (C=O) groups excluding carboxylic acids is 1. The third-order valence-corrected chi connectivity index (χ3v) is 5.36. The molecular formula is C19H19N3O3S2. The lowest BCUT2D eigenvalue weighted by atomic mass is 10.2. The van der Waals surface area contributed by atoms with Gasteiger partial charge in [0.05, 0.1) is 19.9 Å². The Hall–Kier alpha value is -2.84. The maximum atomic E-state index is 12.6. The third-order valence-electron chi connectivity index (χ3n) is 3.97. The predicted molar refractivity (Wildman–Crippen MR) is 110 cm³/mol. The van der Waals surface area contributed by atoms with Gasteiger partial charge < -0.3 is 20.5 Å². The summed E-state index contributed by atoms with van der Waals surface area (Å²) in [5.41, 5.74) is 7.90. The molecule has 1 aromatic heterocycles. The van der Waals surface area contributed by atoms with E-state index in [9.17, 15) is 4.79 Å². The highest BCUT2D eigenvalue weighted by Crippen LogP contribution is 2.33. The summed E-state index contributed by atoms with van der Waals surface area (Å²) in [5.74, 6) is 1.20. The number of amides is 1. The Labute approximate surface area is 166 Å². The Morgan fingerprint density at radius 3 is 2.59 bits per heavy atom. The largest absolute Gasteiger partial charge is 0.497 e. The lowest BCUT2D eigenvalue weighted by Crippen LogP contribution is -2.23. The van der Waals surface area contributed by atoms with Crippen molar-refractivity contribution in [1.29, 1.82) is 0 Å². The molecule has 8 heteroatoms. The zero-order valence-corrected chi connectivity index (χ0v) is 16.5. The van der Waals surface area contributed by atoms with Crippen LogP contribution in [0.3, 0.4) is 0 Å². The number of thiazole rings is 1. The average molecular weight is 402 g/mol. The van der Waals surface area contributed by atoms with Gasteiger partial charge in [0, 0.05) is 12.6 Å². The highest BCUT2D eigenvalue weighted by molar-refractivity contribution is 7.73. The number of hydrogen-bond acceptors (Lipinski definition) is 6. The third kappa shape index (κ3) is 3.96. The molecule has 3 N–H and O–H groups in total. The topological polar surface area (TPSA) is 78.5 Å². The Morgan fingerprint density at radius 1 is 1.19 bits per heavy atom. The summed E-state index contributed by atoms with van der Waals surface area (Å²) in [6, 6.07) is 15.0. The van der Waals surface area contributed by atoms with Gasteiger partial charge in [0.2, 0.25) is 0 Å². The lowest BCUT2D eigenvalue weighted by molar-refractivity contribution is 0.0955. The van der Waals surface area contributed by atoms with Crippen molar-refractivity contribution in [2.75, 3.05) is 20.0 Å². The molecule has 0 aliphatic heterocycles. The van der Waals surface area contributed by atoms with E-state index >= 15 is 0 Å². The maximum Gasteiger partial charge on any atom is 0.265 e. The predicted octanol–water partition coefficient (Wildman–Crippen LogP) is 3.80. The first-order valence-corrected chi connectivity index (χ1v) is 9.33. The van der Waals surface area contributed by atoms with Gasteiger partial charge in [-0.15, -0.1) is 0 Å². The molecule has 0 aliphatic rings. The maximum absolute atomic E-state index is 12.6. The van der Waals surface area contributed by atoms with Crippen LogP contribution in [0.5, 0.6) is 11.5 Å². The van der Waals surface area contributed by atoms with Crippen LogP contribution < -0.4 is 20.5 Å². The van der Waals surface area contributed by atoms with Gasteiger partial charge in [-0.05, 0) is 29.9 Å². The number of nitrogens with one attached hydrogen (secondary N) is 1. The fraction of sp³-hybridized carbons (Fsp3) is 0.158. The van der Waals surface area contributed by atoms with E-state index in [-0.39, 0.29) is 11.7 Å². The van der Waals surface area contributed by atoms with E-state index in [2.05, 4.69) is 5.32 Å². The highest BCUT2D eigenvalue weighted by Gasteiger charge is 2.20. The number of benzene rings is 2. The van der Waals surface area contributed by atoms with Crippen LogP contribution >= 0.6 is 23.6 Å². The first-order valence-electron chi connectivity index (χ1n) is 8.11. The molecule has 0 saturated heterocycles. The number of anilines is 1. The van der Waals surface area contributed by atoms with E-state index in [4.69, 9.17) is 27.4 Å². The van der Waals surface area contributed by atoms with E-state index < -0.39 is 0 Å². The molecule has 0 fully saturated rings. The van der Waals surface area contributed by atoms with Crippen LogP contribution in [-0.2, 0) is 6.54 Å². The number of aromatic nitrogens is 1. The zero-order chi connectivity index (χ0) is 19.4. The van der Waals surface area contributed by atoms with Gasteiger partial charge >= 0.3 is 0 Å². The molecule has 3 aromatic rings. The minimum atomic E-state index is -0.270. The van der Waals surface area contributed by atoms with Crippen molar-refractivity contribution in [2.45, 2.75) is 6.54 Å². The summed E-state index contributed by atoms with van der Waals surface area (Å²) in [6.07, 6.45) is 0. The Morgan fingerprint density at radius 2 is 1.93 bits per heavy atom. The number of methoxy groups -OCH3 is 2. The zero-order valence-electron chi connectivity index (χ0n) is 14.9. The lowest BCUT2D eigenvalue weighted by Gasteiger charge is -2.13. The number of nitrogen functional groups attached to an aromatic ring is 1. The van der Waals surface area contributed by atoms with Crippen molar-refractivity contribution < 1.29 is 14.3 Å². The van der Waals surface area contributed by atoms with Gasteiger partial charge in [0.1, 0.15) is 22.2 Å². The minimum Gasteiger partial charge on any atom is -0.497 e. The van der Waals surface area contributed by atoms with Gasteiger partial charge in [0.15, 0.2) is 3.95 Å². The minimum absolute atomic E-state index is 0.266. The van der Waals surface area contributed by atoms with Crippen molar-refractivity contribution in [3.05, 3.63) is 62.9 Å². The van der Waals surface area contributed by atoms with Crippen LogP contribution in [-0.4, -0.2) is 24.7 Å². The number of hydrogen-bond donors (Lipinski definition) is 2.